The van der Waals surface area contributed by atoms with Crippen molar-refractivity contribution in [2.45, 2.75) is 45.2 Å². The van der Waals surface area contributed by atoms with E-state index in [9.17, 15) is 0 Å². The molecule has 0 spiro atoms. The normalized spacial score (nSPS) is 15.1. The number of nitrogens with zero attached hydrogens (tertiary/aromatic N) is 2. The fourth-order valence-electron chi connectivity index (χ4n) is 2.86. The van der Waals surface area contributed by atoms with Crippen molar-refractivity contribution >= 4 is 41.3 Å². The van der Waals surface area contributed by atoms with Gasteiger partial charge in [0.1, 0.15) is 5.01 Å². The smallest absolute Gasteiger partial charge is 0.191 e. The zero-order chi connectivity index (χ0) is 15.9. The zero-order valence-corrected chi connectivity index (χ0v) is 17.1. The van der Waals surface area contributed by atoms with Crippen LogP contribution in [0.4, 0.5) is 0 Å². The summed E-state index contributed by atoms with van der Waals surface area (Å²) in [5, 5.41) is 10.0. The molecule has 1 aromatic carbocycles. The summed E-state index contributed by atoms with van der Waals surface area (Å²) in [5.41, 5.74) is 2.20. The molecule has 1 aliphatic carbocycles. The molecule has 0 amide bonds. The minimum atomic E-state index is 0. The van der Waals surface area contributed by atoms with Gasteiger partial charge in [0.15, 0.2) is 5.96 Å². The summed E-state index contributed by atoms with van der Waals surface area (Å²) in [6, 6.07) is 10.9. The molecular formula is C18H25IN4S. The van der Waals surface area contributed by atoms with E-state index in [1.807, 2.05) is 18.2 Å². The molecule has 0 aliphatic heterocycles. The topological polar surface area (TPSA) is 49.3 Å². The van der Waals surface area contributed by atoms with Gasteiger partial charge < -0.3 is 10.6 Å². The van der Waals surface area contributed by atoms with Crippen molar-refractivity contribution in [3.63, 3.8) is 0 Å². The Bertz CT molecular complexity index is 635. The van der Waals surface area contributed by atoms with Gasteiger partial charge in [-0.05, 0) is 19.8 Å². The molecule has 1 heterocycles. The summed E-state index contributed by atoms with van der Waals surface area (Å²) >= 11 is 1.67. The third-order valence-electron chi connectivity index (χ3n) is 4.03. The number of hydrogen-bond donors (Lipinski definition) is 2. The summed E-state index contributed by atoms with van der Waals surface area (Å²) < 4.78 is 0. The molecule has 1 aromatic heterocycles. The number of halogens is 1. The first-order chi connectivity index (χ1) is 11.3. The van der Waals surface area contributed by atoms with E-state index >= 15 is 0 Å². The summed E-state index contributed by atoms with van der Waals surface area (Å²) in [6.45, 7) is 3.61. The summed E-state index contributed by atoms with van der Waals surface area (Å²) in [6.07, 6.45) is 5.15. The maximum atomic E-state index is 4.70. The molecule has 2 N–H and O–H groups in total. The molecule has 24 heavy (non-hydrogen) atoms. The first kappa shape index (κ1) is 19.2. The summed E-state index contributed by atoms with van der Waals surface area (Å²) in [4.78, 5) is 9.40. The molecule has 0 unspecified atom stereocenters. The molecule has 0 radical (unpaired) electrons. The van der Waals surface area contributed by atoms with E-state index in [4.69, 9.17) is 9.98 Å². The number of hydrogen-bond acceptors (Lipinski definition) is 3. The third-order valence-corrected chi connectivity index (χ3v) is 4.87. The molecule has 4 nitrogen and oxygen atoms in total. The van der Waals surface area contributed by atoms with Crippen molar-refractivity contribution in [2.24, 2.45) is 4.99 Å². The number of rotatable bonds is 5. The van der Waals surface area contributed by atoms with E-state index in [1.54, 1.807) is 11.3 Å². The molecular weight excluding hydrogens is 431 g/mol. The molecule has 6 heteroatoms. The molecule has 0 atom stereocenters. The Kier molecular flexibility index (Phi) is 7.98. The standard InChI is InChI=1S/C18H24N4S.HI/c1-2-19-18(21-15-10-6-7-11-15)20-12-17-22-16(13-23-17)14-8-4-3-5-9-14;/h3-5,8-9,13,15H,2,6-7,10-12H2,1H3,(H2,19,20,21);1H. The van der Waals surface area contributed by atoms with Gasteiger partial charge in [0.2, 0.25) is 0 Å². The van der Waals surface area contributed by atoms with Crippen LogP contribution in [0.1, 0.15) is 37.6 Å². The van der Waals surface area contributed by atoms with E-state index in [0.717, 1.165) is 28.8 Å². The van der Waals surface area contributed by atoms with E-state index in [2.05, 4.69) is 35.1 Å². The van der Waals surface area contributed by atoms with Crippen molar-refractivity contribution in [1.82, 2.24) is 15.6 Å². The number of nitrogens with one attached hydrogen (secondary N) is 2. The van der Waals surface area contributed by atoms with Gasteiger partial charge in [-0.15, -0.1) is 35.3 Å². The van der Waals surface area contributed by atoms with Crippen LogP contribution >= 0.6 is 35.3 Å². The second-order valence-corrected chi connectivity index (χ2v) is 6.76. The van der Waals surface area contributed by atoms with Gasteiger partial charge in [-0.2, -0.15) is 0 Å². The molecule has 1 saturated carbocycles. The Balaban J connectivity index is 0.00000208. The lowest BCUT2D eigenvalue weighted by Gasteiger charge is -2.16. The lowest BCUT2D eigenvalue weighted by atomic mass is 10.2. The van der Waals surface area contributed by atoms with Gasteiger partial charge in [0, 0.05) is 23.5 Å². The number of aromatic nitrogens is 1. The van der Waals surface area contributed by atoms with Gasteiger partial charge in [-0.3, -0.25) is 0 Å². The maximum Gasteiger partial charge on any atom is 0.191 e. The Morgan fingerprint density at radius 2 is 2.00 bits per heavy atom. The summed E-state index contributed by atoms with van der Waals surface area (Å²) in [7, 11) is 0. The molecule has 130 valence electrons. The van der Waals surface area contributed by atoms with Crippen LogP contribution in [-0.2, 0) is 6.54 Å². The first-order valence-corrected chi connectivity index (χ1v) is 9.28. The van der Waals surface area contributed by atoms with Crippen LogP contribution in [0, 0.1) is 0 Å². The minimum absolute atomic E-state index is 0. The SMILES string of the molecule is CCNC(=NCc1nc(-c2ccccc2)cs1)NC1CCCC1.I. The number of thiazole rings is 1. The van der Waals surface area contributed by atoms with Gasteiger partial charge >= 0.3 is 0 Å². The average Bonchev–Trinajstić information content (AvgIpc) is 3.25. The fraction of sp³-hybridized carbons (Fsp3) is 0.444. The van der Waals surface area contributed by atoms with Crippen LogP contribution in [0.5, 0.6) is 0 Å². The zero-order valence-electron chi connectivity index (χ0n) is 14.0. The Labute approximate surface area is 165 Å². The second kappa shape index (κ2) is 9.98. The monoisotopic (exact) mass is 456 g/mol. The summed E-state index contributed by atoms with van der Waals surface area (Å²) in [5.74, 6) is 0.913. The van der Waals surface area contributed by atoms with Crippen LogP contribution in [0.15, 0.2) is 40.7 Å². The van der Waals surface area contributed by atoms with Crippen molar-refractivity contribution in [3.8, 4) is 11.3 Å². The van der Waals surface area contributed by atoms with Gasteiger partial charge in [-0.1, -0.05) is 43.2 Å². The predicted octanol–water partition coefficient (Wildman–Crippen LogP) is 4.43. The lowest BCUT2D eigenvalue weighted by Crippen LogP contribution is -2.42. The van der Waals surface area contributed by atoms with Crippen LogP contribution in [0.2, 0.25) is 0 Å². The van der Waals surface area contributed by atoms with Gasteiger partial charge in [0.25, 0.3) is 0 Å². The van der Waals surface area contributed by atoms with Gasteiger partial charge in [-0.25, -0.2) is 9.98 Å². The third kappa shape index (κ3) is 5.44. The highest BCUT2D eigenvalue weighted by atomic mass is 127. The minimum Gasteiger partial charge on any atom is -0.357 e. The van der Waals surface area contributed by atoms with Crippen LogP contribution in [-0.4, -0.2) is 23.5 Å². The van der Waals surface area contributed by atoms with E-state index in [0.29, 0.717) is 12.6 Å². The van der Waals surface area contributed by atoms with E-state index < -0.39 is 0 Å². The van der Waals surface area contributed by atoms with E-state index in [1.165, 1.54) is 25.7 Å². The largest absolute Gasteiger partial charge is 0.357 e. The number of guanidine groups is 1. The molecule has 0 saturated heterocycles. The van der Waals surface area contributed by atoms with Crippen molar-refractivity contribution < 1.29 is 0 Å². The van der Waals surface area contributed by atoms with Crippen LogP contribution < -0.4 is 10.6 Å². The molecule has 1 fully saturated rings. The highest BCUT2D eigenvalue weighted by Crippen LogP contribution is 2.22. The van der Waals surface area contributed by atoms with Crippen LogP contribution in [0.25, 0.3) is 11.3 Å². The quantitative estimate of drug-likeness (QED) is 0.398. The first-order valence-electron chi connectivity index (χ1n) is 8.40. The molecule has 1 aliphatic rings. The second-order valence-electron chi connectivity index (χ2n) is 5.81. The predicted molar refractivity (Wildman–Crippen MR) is 113 cm³/mol. The Morgan fingerprint density at radius 3 is 2.71 bits per heavy atom. The number of aliphatic imine (C=N–C) groups is 1. The van der Waals surface area contributed by atoms with Crippen molar-refractivity contribution in [2.75, 3.05) is 6.54 Å². The molecule has 0 bridgehead atoms. The molecule has 2 aromatic rings. The van der Waals surface area contributed by atoms with Crippen molar-refractivity contribution in [3.05, 3.63) is 40.7 Å². The van der Waals surface area contributed by atoms with E-state index in [-0.39, 0.29) is 24.0 Å². The highest BCUT2D eigenvalue weighted by molar-refractivity contribution is 14.0. The fourth-order valence-corrected chi connectivity index (χ4v) is 3.58. The Hall–Kier alpha value is -1.15. The average molecular weight is 456 g/mol. The van der Waals surface area contributed by atoms with Gasteiger partial charge in [0.05, 0.1) is 12.2 Å². The highest BCUT2D eigenvalue weighted by Gasteiger charge is 2.15. The molecule has 3 rings (SSSR count). The van der Waals surface area contributed by atoms with Crippen molar-refractivity contribution in [1.29, 1.82) is 0 Å². The van der Waals surface area contributed by atoms with Crippen LogP contribution in [0.3, 0.4) is 0 Å². The Morgan fingerprint density at radius 1 is 1.25 bits per heavy atom. The maximum absolute atomic E-state index is 4.70. The number of benzene rings is 1. The lowest BCUT2D eigenvalue weighted by molar-refractivity contribution is 0.614.